The molecule has 0 rings (SSSR count). The number of aldehydes is 1. The standard InChI is InChI=1S/C4H5ClO/c1-2-4(5)3-6/h2-4H,1H2. The van der Waals surface area contributed by atoms with Crippen LogP contribution < -0.4 is 0 Å². The zero-order chi connectivity index (χ0) is 4.99. The van der Waals surface area contributed by atoms with E-state index in [1.165, 1.54) is 6.08 Å². The van der Waals surface area contributed by atoms with Crippen molar-refractivity contribution in [2.24, 2.45) is 0 Å². The van der Waals surface area contributed by atoms with Crippen LogP contribution in [-0.4, -0.2) is 11.7 Å². The molecule has 0 amide bonds. The third-order valence-electron chi connectivity index (χ3n) is 0.355. The minimum absolute atomic E-state index is 0.509. The normalized spacial score (nSPS) is 12.8. The van der Waals surface area contributed by atoms with Gasteiger partial charge in [0.25, 0.3) is 0 Å². The molecule has 34 valence electrons. The number of alkyl halides is 1. The Hall–Kier alpha value is -0.300. The summed E-state index contributed by atoms with van der Waals surface area (Å²) >= 11 is 5.16. The van der Waals surface area contributed by atoms with Crippen LogP contribution in [-0.2, 0) is 4.79 Å². The van der Waals surface area contributed by atoms with E-state index in [0.717, 1.165) is 0 Å². The number of allylic oxidation sites excluding steroid dienone is 1. The Kier molecular flexibility index (Phi) is 2.77. The van der Waals surface area contributed by atoms with Crippen molar-refractivity contribution in [2.45, 2.75) is 5.38 Å². The van der Waals surface area contributed by atoms with Gasteiger partial charge in [0.1, 0.15) is 11.7 Å². The largest absolute Gasteiger partial charge is 0.301 e. The highest BCUT2D eigenvalue weighted by atomic mass is 35.5. The minimum Gasteiger partial charge on any atom is -0.301 e. The van der Waals surface area contributed by atoms with Crippen LogP contribution >= 0.6 is 11.6 Å². The Morgan fingerprint density at radius 1 is 1.83 bits per heavy atom. The SMILES string of the molecule is C=CC(Cl)C=O. The van der Waals surface area contributed by atoms with Crippen LogP contribution in [0.25, 0.3) is 0 Å². The van der Waals surface area contributed by atoms with E-state index >= 15 is 0 Å². The van der Waals surface area contributed by atoms with Crippen LogP contribution in [0.15, 0.2) is 12.7 Å². The Bertz CT molecular complexity index is 52.6. The summed E-state index contributed by atoms with van der Waals surface area (Å²) in [6.45, 7) is 3.27. The van der Waals surface area contributed by atoms with Gasteiger partial charge in [-0.2, -0.15) is 0 Å². The Morgan fingerprint density at radius 2 is 2.33 bits per heavy atom. The molecule has 0 fully saturated rings. The molecule has 0 aliphatic heterocycles. The lowest BCUT2D eigenvalue weighted by Crippen LogP contribution is -1.90. The molecule has 0 aliphatic rings. The fourth-order valence-corrected chi connectivity index (χ4v) is 0.0556. The van der Waals surface area contributed by atoms with E-state index in [4.69, 9.17) is 11.6 Å². The highest BCUT2D eigenvalue weighted by molar-refractivity contribution is 6.28. The molecule has 0 radical (unpaired) electrons. The summed E-state index contributed by atoms with van der Waals surface area (Å²) in [7, 11) is 0. The molecule has 0 aliphatic carbocycles. The topological polar surface area (TPSA) is 17.1 Å². The second-order valence-corrected chi connectivity index (χ2v) is 1.32. The molecule has 0 spiro atoms. The third kappa shape index (κ3) is 1.97. The molecule has 1 unspecified atom stereocenters. The molecule has 0 heterocycles. The fraction of sp³-hybridized carbons (Fsp3) is 0.250. The monoisotopic (exact) mass is 104 g/mol. The van der Waals surface area contributed by atoms with Crippen molar-refractivity contribution in [3.8, 4) is 0 Å². The number of rotatable bonds is 2. The summed E-state index contributed by atoms with van der Waals surface area (Å²) in [6.07, 6.45) is 1.99. The average molecular weight is 105 g/mol. The predicted molar refractivity (Wildman–Crippen MR) is 25.9 cm³/mol. The molecule has 0 aromatic rings. The van der Waals surface area contributed by atoms with Crippen molar-refractivity contribution >= 4 is 17.9 Å². The van der Waals surface area contributed by atoms with Crippen LogP contribution in [0.2, 0.25) is 0 Å². The molecular formula is C4H5ClO. The van der Waals surface area contributed by atoms with Gasteiger partial charge in [0.05, 0.1) is 0 Å². The molecule has 0 bridgehead atoms. The lowest BCUT2D eigenvalue weighted by molar-refractivity contribution is -0.106. The van der Waals surface area contributed by atoms with Gasteiger partial charge < -0.3 is 4.79 Å². The van der Waals surface area contributed by atoms with Gasteiger partial charge in [0, 0.05) is 0 Å². The molecule has 2 heteroatoms. The second-order valence-electron chi connectivity index (χ2n) is 0.816. The fourth-order valence-electron chi connectivity index (χ4n) is 0.0556. The second kappa shape index (κ2) is 2.91. The molecule has 0 saturated heterocycles. The Morgan fingerprint density at radius 3 is 2.33 bits per heavy atom. The number of halogens is 1. The van der Waals surface area contributed by atoms with Crippen molar-refractivity contribution < 1.29 is 4.79 Å². The highest BCUT2D eigenvalue weighted by Gasteiger charge is 1.87. The molecule has 6 heavy (non-hydrogen) atoms. The molecular weight excluding hydrogens is 99.5 g/mol. The lowest BCUT2D eigenvalue weighted by atomic mass is 10.5. The van der Waals surface area contributed by atoms with E-state index in [-0.39, 0.29) is 0 Å². The van der Waals surface area contributed by atoms with E-state index in [9.17, 15) is 4.79 Å². The van der Waals surface area contributed by atoms with Crippen molar-refractivity contribution in [1.82, 2.24) is 0 Å². The van der Waals surface area contributed by atoms with Gasteiger partial charge in [0.2, 0.25) is 0 Å². The molecule has 0 aromatic carbocycles. The number of carbonyl (C=O) groups excluding carboxylic acids is 1. The van der Waals surface area contributed by atoms with Gasteiger partial charge in [0.15, 0.2) is 0 Å². The summed E-state index contributed by atoms with van der Waals surface area (Å²) in [5.41, 5.74) is 0. The van der Waals surface area contributed by atoms with Gasteiger partial charge >= 0.3 is 0 Å². The van der Waals surface area contributed by atoms with E-state index in [2.05, 4.69) is 6.58 Å². The van der Waals surface area contributed by atoms with Crippen molar-refractivity contribution in [3.05, 3.63) is 12.7 Å². The summed E-state index contributed by atoms with van der Waals surface area (Å²) in [6, 6.07) is 0. The first kappa shape index (κ1) is 5.70. The van der Waals surface area contributed by atoms with E-state index in [1.807, 2.05) is 0 Å². The average Bonchev–Trinajstić information content (AvgIpc) is 1.65. The Labute approximate surface area is 41.6 Å². The molecule has 1 nitrogen and oxygen atoms in total. The Balaban J connectivity index is 3.21. The summed E-state index contributed by atoms with van der Waals surface area (Å²) < 4.78 is 0. The lowest BCUT2D eigenvalue weighted by Gasteiger charge is -1.80. The maximum absolute atomic E-state index is 9.53. The first-order valence-corrected chi connectivity index (χ1v) is 1.97. The van der Waals surface area contributed by atoms with Crippen LogP contribution in [0.5, 0.6) is 0 Å². The van der Waals surface area contributed by atoms with Crippen molar-refractivity contribution in [2.75, 3.05) is 0 Å². The summed E-state index contributed by atoms with van der Waals surface area (Å²) in [5.74, 6) is 0. The van der Waals surface area contributed by atoms with Crippen LogP contribution in [0.1, 0.15) is 0 Å². The van der Waals surface area contributed by atoms with Crippen molar-refractivity contribution in [3.63, 3.8) is 0 Å². The van der Waals surface area contributed by atoms with Gasteiger partial charge in [-0.25, -0.2) is 0 Å². The first-order chi connectivity index (χ1) is 2.81. The van der Waals surface area contributed by atoms with Crippen LogP contribution in [0.3, 0.4) is 0 Å². The third-order valence-corrected chi connectivity index (χ3v) is 0.636. The molecule has 0 saturated carbocycles. The smallest absolute Gasteiger partial charge is 0.141 e. The van der Waals surface area contributed by atoms with Crippen molar-refractivity contribution in [1.29, 1.82) is 0 Å². The maximum atomic E-state index is 9.53. The first-order valence-electron chi connectivity index (χ1n) is 1.53. The predicted octanol–water partition coefficient (Wildman–Crippen LogP) is 0.979. The molecule has 0 N–H and O–H groups in total. The van der Waals surface area contributed by atoms with E-state index in [1.54, 1.807) is 0 Å². The van der Waals surface area contributed by atoms with Gasteiger partial charge in [-0.05, 0) is 0 Å². The van der Waals surface area contributed by atoms with Crippen LogP contribution in [0.4, 0.5) is 0 Å². The quantitative estimate of drug-likeness (QED) is 0.290. The highest BCUT2D eigenvalue weighted by Crippen LogP contribution is 1.87. The van der Waals surface area contributed by atoms with Gasteiger partial charge in [-0.3, -0.25) is 0 Å². The molecule has 0 aromatic heterocycles. The van der Waals surface area contributed by atoms with Crippen LogP contribution in [0, 0.1) is 0 Å². The number of hydrogen-bond acceptors (Lipinski definition) is 1. The minimum atomic E-state index is -0.509. The molecule has 1 atom stereocenters. The maximum Gasteiger partial charge on any atom is 0.141 e. The van der Waals surface area contributed by atoms with E-state index in [0.29, 0.717) is 6.29 Å². The number of hydrogen-bond donors (Lipinski definition) is 0. The zero-order valence-corrected chi connectivity index (χ0v) is 3.98. The van der Waals surface area contributed by atoms with Gasteiger partial charge in [-0.15, -0.1) is 18.2 Å². The van der Waals surface area contributed by atoms with E-state index < -0.39 is 5.38 Å². The number of carbonyl (C=O) groups is 1. The summed E-state index contributed by atoms with van der Waals surface area (Å²) in [5, 5.41) is -0.509. The summed E-state index contributed by atoms with van der Waals surface area (Å²) in [4.78, 5) is 9.53. The zero-order valence-electron chi connectivity index (χ0n) is 3.23. The van der Waals surface area contributed by atoms with Gasteiger partial charge in [-0.1, -0.05) is 6.08 Å².